The smallest absolute Gasteiger partial charge is 0.0634 e. The summed E-state index contributed by atoms with van der Waals surface area (Å²) in [4.78, 5) is 0. The summed E-state index contributed by atoms with van der Waals surface area (Å²) < 4.78 is 5.54. The molecule has 1 fully saturated rings. The molecule has 0 spiro atoms. The van der Waals surface area contributed by atoms with Gasteiger partial charge in [-0.3, -0.25) is 0 Å². The van der Waals surface area contributed by atoms with Gasteiger partial charge in [-0.1, -0.05) is 18.2 Å². The molecule has 0 amide bonds. The molecule has 0 bridgehead atoms. The standard InChI is InChI=1S/C16H22O2/c1-11-15(7-8-18-11)16(17)10-12-5-6-13-3-2-4-14(13)9-12/h5-6,9,11,15-17H,2-4,7-8,10H2,1H3. The second kappa shape index (κ2) is 5.02. The number of hydrogen-bond acceptors (Lipinski definition) is 2. The lowest BCUT2D eigenvalue weighted by Crippen LogP contribution is -2.28. The highest BCUT2D eigenvalue weighted by Gasteiger charge is 2.30. The largest absolute Gasteiger partial charge is 0.392 e. The van der Waals surface area contributed by atoms with Crippen molar-refractivity contribution >= 4 is 0 Å². The Morgan fingerprint density at radius 2 is 2.17 bits per heavy atom. The van der Waals surface area contributed by atoms with Gasteiger partial charge in [0.2, 0.25) is 0 Å². The van der Waals surface area contributed by atoms with E-state index in [-0.39, 0.29) is 12.2 Å². The zero-order chi connectivity index (χ0) is 12.5. The van der Waals surface area contributed by atoms with Gasteiger partial charge in [0.15, 0.2) is 0 Å². The number of rotatable bonds is 3. The second-order valence-corrected chi connectivity index (χ2v) is 5.76. The van der Waals surface area contributed by atoms with E-state index in [1.165, 1.54) is 36.0 Å². The van der Waals surface area contributed by atoms with Crippen molar-refractivity contribution in [1.82, 2.24) is 0 Å². The third-order valence-corrected chi connectivity index (χ3v) is 4.54. The highest BCUT2D eigenvalue weighted by atomic mass is 16.5. The Bertz CT molecular complexity index is 427. The first-order chi connectivity index (χ1) is 8.74. The molecule has 3 atom stereocenters. The Hall–Kier alpha value is -0.860. The van der Waals surface area contributed by atoms with E-state index in [2.05, 4.69) is 25.1 Å². The minimum absolute atomic E-state index is 0.203. The molecule has 1 aromatic rings. The molecule has 2 nitrogen and oxygen atoms in total. The van der Waals surface area contributed by atoms with Crippen LogP contribution in [0.4, 0.5) is 0 Å². The molecule has 2 aliphatic rings. The Morgan fingerprint density at radius 1 is 1.33 bits per heavy atom. The van der Waals surface area contributed by atoms with Crippen molar-refractivity contribution in [2.45, 2.75) is 51.2 Å². The summed E-state index contributed by atoms with van der Waals surface area (Å²) in [5.74, 6) is 0.304. The predicted octanol–water partition coefficient (Wildman–Crippen LogP) is 2.50. The van der Waals surface area contributed by atoms with E-state index in [1.807, 2.05) is 0 Å². The molecule has 98 valence electrons. The Morgan fingerprint density at radius 3 is 2.94 bits per heavy atom. The average molecular weight is 246 g/mol. The summed E-state index contributed by atoms with van der Waals surface area (Å²) in [5, 5.41) is 10.3. The van der Waals surface area contributed by atoms with E-state index >= 15 is 0 Å². The summed E-state index contributed by atoms with van der Waals surface area (Å²) in [5.41, 5.74) is 4.28. The van der Waals surface area contributed by atoms with Gasteiger partial charge in [0, 0.05) is 12.5 Å². The van der Waals surface area contributed by atoms with Gasteiger partial charge in [-0.2, -0.15) is 0 Å². The van der Waals surface area contributed by atoms with Gasteiger partial charge in [-0.05, 0) is 55.7 Å². The minimum atomic E-state index is -0.262. The summed E-state index contributed by atoms with van der Waals surface area (Å²) in [6.07, 6.45) is 5.43. The van der Waals surface area contributed by atoms with Gasteiger partial charge in [-0.15, -0.1) is 0 Å². The number of hydrogen-bond donors (Lipinski definition) is 1. The summed E-state index contributed by atoms with van der Waals surface area (Å²) in [6.45, 7) is 2.87. The minimum Gasteiger partial charge on any atom is -0.392 e. The van der Waals surface area contributed by atoms with Crippen molar-refractivity contribution < 1.29 is 9.84 Å². The zero-order valence-electron chi connectivity index (χ0n) is 11.1. The van der Waals surface area contributed by atoms with Crippen LogP contribution < -0.4 is 0 Å². The molecule has 1 heterocycles. The molecule has 1 aliphatic heterocycles. The number of fused-ring (bicyclic) bond motifs is 1. The Labute approximate surface area is 109 Å². The third-order valence-electron chi connectivity index (χ3n) is 4.54. The van der Waals surface area contributed by atoms with Crippen LogP contribution in [0.3, 0.4) is 0 Å². The van der Waals surface area contributed by atoms with E-state index in [1.54, 1.807) is 0 Å². The molecule has 1 aromatic carbocycles. The lowest BCUT2D eigenvalue weighted by Gasteiger charge is -2.21. The van der Waals surface area contributed by atoms with Gasteiger partial charge in [0.1, 0.15) is 0 Å². The highest BCUT2D eigenvalue weighted by molar-refractivity contribution is 5.35. The van der Waals surface area contributed by atoms with Crippen molar-refractivity contribution in [2.75, 3.05) is 6.61 Å². The van der Waals surface area contributed by atoms with Crippen LogP contribution in [0.25, 0.3) is 0 Å². The first-order valence-corrected chi connectivity index (χ1v) is 7.14. The van der Waals surface area contributed by atoms with Crippen LogP contribution in [0.2, 0.25) is 0 Å². The molecule has 3 rings (SSSR count). The van der Waals surface area contributed by atoms with E-state index < -0.39 is 0 Å². The van der Waals surface area contributed by atoms with Gasteiger partial charge in [0.05, 0.1) is 12.2 Å². The van der Waals surface area contributed by atoms with Gasteiger partial charge >= 0.3 is 0 Å². The molecule has 0 aromatic heterocycles. The summed E-state index contributed by atoms with van der Waals surface area (Å²) >= 11 is 0. The zero-order valence-corrected chi connectivity index (χ0v) is 11.1. The van der Waals surface area contributed by atoms with Crippen molar-refractivity contribution in [3.8, 4) is 0 Å². The second-order valence-electron chi connectivity index (χ2n) is 5.76. The van der Waals surface area contributed by atoms with E-state index in [0.717, 1.165) is 19.4 Å². The van der Waals surface area contributed by atoms with Crippen LogP contribution in [0.5, 0.6) is 0 Å². The maximum absolute atomic E-state index is 10.3. The van der Waals surface area contributed by atoms with Crippen molar-refractivity contribution in [3.05, 3.63) is 34.9 Å². The van der Waals surface area contributed by atoms with Crippen LogP contribution in [0.1, 0.15) is 36.5 Å². The third kappa shape index (κ3) is 2.32. The fourth-order valence-corrected chi connectivity index (χ4v) is 3.40. The number of benzene rings is 1. The lowest BCUT2D eigenvalue weighted by atomic mass is 9.90. The fraction of sp³-hybridized carbons (Fsp3) is 0.625. The van der Waals surface area contributed by atoms with E-state index in [0.29, 0.717) is 5.92 Å². The number of aliphatic hydroxyl groups excluding tert-OH is 1. The van der Waals surface area contributed by atoms with Crippen molar-refractivity contribution in [3.63, 3.8) is 0 Å². The SMILES string of the molecule is CC1OCCC1C(O)Cc1ccc2c(c1)CCC2. The van der Waals surface area contributed by atoms with Crippen molar-refractivity contribution in [1.29, 1.82) is 0 Å². The molecule has 18 heavy (non-hydrogen) atoms. The molecule has 1 N–H and O–H groups in total. The van der Waals surface area contributed by atoms with E-state index in [4.69, 9.17) is 4.74 Å². The molecule has 2 heteroatoms. The molecular weight excluding hydrogens is 224 g/mol. The fourth-order valence-electron chi connectivity index (χ4n) is 3.40. The Kier molecular flexibility index (Phi) is 3.40. The van der Waals surface area contributed by atoms with Crippen LogP contribution in [-0.2, 0) is 24.0 Å². The first-order valence-electron chi connectivity index (χ1n) is 7.14. The van der Waals surface area contributed by atoms with Gasteiger partial charge in [0.25, 0.3) is 0 Å². The van der Waals surface area contributed by atoms with Gasteiger partial charge < -0.3 is 9.84 Å². The lowest BCUT2D eigenvalue weighted by molar-refractivity contribution is 0.0441. The average Bonchev–Trinajstić information content (AvgIpc) is 2.96. The maximum Gasteiger partial charge on any atom is 0.0634 e. The number of aliphatic hydroxyl groups is 1. The van der Waals surface area contributed by atoms with Crippen LogP contribution in [-0.4, -0.2) is 23.9 Å². The maximum atomic E-state index is 10.3. The topological polar surface area (TPSA) is 29.5 Å². The molecule has 0 saturated carbocycles. The molecule has 1 aliphatic carbocycles. The summed E-state index contributed by atoms with van der Waals surface area (Å²) in [6, 6.07) is 6.73. The predicted molar refractivity (Wildman–Crippen MR) is 71.7 cm³/mol. The molecule has 3 unspecified atom stereocenters. The number of aryl methyl sites for hydroxylation is 2. The van der Waals surface area contributed by atoms with E-state index in [9.17, 15) is 5.11 Å². The van der Waals surface area contributed by atoms with Crippen molar-refractivity contribution in [2.24, 2.45) is 5.92 Å². The van der Waals surface area contributed by atoms with Crippen LogP contribution >= 0.6 is 0 Å². The Balaban J connectivity index is 1.68. The summed E-state index contributed by atoms with van der Waals surface area (Å²) in [7, 11) is 0. The normalized spacial score (nSPS) is 28.3. The first kappa shape index (κ1) is 12.2. The molecule has 1 saturated heterocycles. The van der Waals surface area contributed by atoms with Crippen LogP contribution in [0, 0.1) is 5.92 Å². The van der Waals surface area contributed by atoms with Crippen LogP contribution in [0.15, 0.2) is 18.2 Å². The molecular formula is C16H22O2. The van der Waals surface area contributed by atoms with Gasteiger partial charge in [-0.25, -0.2) is 0 Å². The monoisotopic (exact) mass is 246 g/mol. The quantitative estimate of drug-likeness (QED) is 0.888. The highest BCUT2D eigenvalue weighted by Crippen LogP contribution is 2.28. The number of ether oxygens (including phenoxy) is 1. The molecule has 0 radical (unpaired) electrons.